The van der Waals surface area contributed by atoms with Crippen molar-refractivity contribution in [2.75, 3.05) is 49.1 Å². The topological polar surface area (TPSA) is 88.8 Å². The quantitative estimate of drug-likeness (QED) is 0.309. The first-order valence-electron chi connectivity index (χ1n) is 16.2. The molecule has 9 nitrogen and oxygen atoms in total. The molecule has 3 aromatic rings. The van der Waals surface area contributed by atoms with Gasteiger partial charge in [0.05, 0.1) is 41.3 Å². The standard InChI is InChI=1S/C35H40ClN7O2/c1-3-31(44)42-20-19-41(21-26(42)12-16-37)33-27-13-18-40(30-11-5-9-25-8-4-10-28(36)32(25)30)22-29(27)38-34(39-33)45-23-35(14-15-35)43-17-6-7-24(43)2/h3-5,8-11,24,26H,1,6-7,12-15,17-23H2,2H3/t24?,26-/m0/s1. The molecule has 1 saturated carbocycles. The van der Waals surface area contributed by atoms with Crippen LogP contribution in [0.25, 0.3) is 10.8 Å². The van der Waals surface area contributed by atoms with Crippen molar-refractivity contribution in [3.63, 3.8) is 0 Å². The summed E-state index contributed by atoms with van der Waals surface area (Å²) in [7, 11) is 0. The highest BCUT2D eigenvalue weighted by molar-refractivity contribution is 6.36. The normalized spacial score (nSPS) is 22.6. The third-order valence-corrected chi connectivity index (χ3v) is 10.5. The Hall–Kier alpha value is -3.87. The highest BCUT2D eigenvalue weighted by atomic mass is 35.5. The largest absolute Gasteiger partial charge is 0.461 e. The summed E-state index contributed by atoms with van der Waals surface area (Å²) in [4.78, 5) is 31.7. The maximum atomic E-state index is 12.6. The molecule has 1 unspecified atom stereocenters. The van der Waals surface area contributed by atoms with Crippen LogP contribution in [0.3, 0.4) is 0 Å². The number of carbonyl (C=O) groups excluding carboxylic acids is 1. The number of nitrogens with zero attached hydrogens (tertiary/aromatic N) is 7. The highest BCUT2D eigenvalue weighted by Gasteiger charge is 2.51. The van der Waals surface area contributed by atoms with E-state index in [0.29, 0.717) is 44.8 Å². The van der Waals surface area contributed by atoms with Crippen molar-refractivity contribution in [3.05, 3.63) is 65.3 Å². The molecule has 4 heterocycles. The maximum absolute atomic E-state index is 12.6. The van der Waals surface area contributed by atoms with E-state index < -0.39 is 0 Å². The van der Waals surface area contributed by atoms with E-state index in [-0.39, 0.29) is 23.9 Å². The van der Waals surface area contributed by atoms with Crippen molar-refractivity contribution in [2.45, 2.75) is 69.6 Å². The molecule has 2 atom stereocenters. The average Bonchev–Trinajstić information content (AvgIpc) is 3.72. The molecule has 7 rings (SSSR count). The Kier molecular flexibility index (Phi) is 8.05. The number of aromatic nitrogens is 2. The summed E-state index contributed by atoms with van der Waals surface area (Å²) in [5, 5.41) is 12.5. The zero-order valence-corrected chi connectivity index (χ0v) is 26.7. The molecular weight excluding hydrogens is 586 g/mol. The van der Waals surface area contributed by atoms with Crippen molar-refractivity contribution < 1.29 is 9.53 Å². The van der Waals surface area contributed by atoms with Crippen molar-refractivity contribution in [1.82, 2.24) is 19.8 Å². The van der Waals surface area contributed by atoms with Gasteiger partial charge in [0.25, 0.3) is 0 Å². The molecule has 1 aliphatic carbocycles. The molecule has 234 valence electrons. The van der Waals surface area contributed by atoms with Crippen molar-refractivity contribution in [2.24, 2.45) is 0 Å². The van der Waals surface area contributed by atoms with Crippen LogP contribution in [0, 0.1) is 11.3 Å². The second-order valence-corrected chi connectivity index (χ2v) is 13.3. The fraction of sp³-hybridized carbons (Fsp3) is 0.486. The number of carbonyl (C=O) groups is 1. The number of halogens is 1. The van der Waals surface area contributed by atoms with Gasteiger partial charge in [0.1, 0.15) is 12.4 Å². The van der Waals surface area contributed by atoms with Crippen LogP contribution >= 0.6 is 11.6 Å². The van der Waals surface area contributed by atoms with Gasteiger partial charge in [-0.05, 0) is 69.2 Å². The molecule has 0 spiro atoms. The Morgan fingerprint density at radius 3 is 2.71 bits per heavy atom. The second-order valence-electron chi connectivity index (χ2n) is 12.9. The fourth-order valence-corrected chi connectivity index (χ4v) is 7.97. The number of anilines is 2. The molecular formula is C35H40ClN7O2. The number of amides is 1. The molecule has 0 bridgehead atoms. The molecule has 1 aromatic heterocycles. The van der Waals surface area contributed by atoms with E-state index in [4.69, 9.17) is 26.3 Å². The van der Waals surface area contributed by atoms with Gasteiger partial charge in [-0.2, -0.15) is 15.2 Å². The number of likely N-dealkylation sites (tertiary alicyclic amines) is 1. The van der Waals surface area contributed by atoms with E-state index >= 15 is 0 Å². The molecule has 0 radical (unpaired) electrons. The lowest BCUT2D eigenvalue weighted by molar-refractivity contribution is -0.128. The molecule has 3 aliphatic heterocycles. The van der Waals surface area contributed by atoms with Crippen molar-refractivity contribution in [3.8, 4) is 12.1 Å². The van der Waals surface area contributed by atoms with Gasteiger partial charge >= 0.3 is 6.01 Å². The smallest absolute Gasteiger partial charge is 0.318 e. The summed E-state index contributed by atoms with van der Waals surface area (Å²) in [6.45, 7) is 10.7. The first-order valence-corrected chi connectivity index (χ1v) is 16.5. The first kappa shape index (κ1) is 29.8. The summed E-state index contributed by atoms with van der Waals surface area (Å²) in [5.74, 6) is 0.720. The Morgan fingerprint density at radius 2 is 1.98 bits per heavy atom. The van der Waals surface area contributed by atoms with Gasteiger partial charge in [-0.3, -0.25) is 9.69 Å². The van der Waals surface area contributed by atoms with Crippen LogP contribution in [0.4, 0.5) is 11.5 Å². The van der Waals surface area contributed by atoms with Gasteiger partial charge < -0.3 is 19.4 Å². The minimum absolute atomic E-state index is 0.0790. The van der Waals surface area contributed by atoms with Gasteiger partial charge in [-0.25, -0.2) is 0 Å². The van der Waals surface area contributed by atoms with Crippen LogP contribution in [0.5, 0.6) is 6.01 Å². The number of rotatable bonds is 8. The van der Waals surface area contributed by atoms with Crippen LogP contribution in [0.2, 0.25) is 5.02 Å². The minimum Gasteiger partial charge on any atom is -0.461 e. The summed E-state index contributed by atoms with van der Waals surface area (Å²) in [6, 6.07) is 15.3. The van der Waals surface area contributed by atoms with Crippen molar-refractivity contribution in [1.29, 1.82) is 5.26 Å². The minimum atomic E-state index is -0.242. The lowest BCUT2D eigenvalue weighted by Gasteiger charge is -2.42. The third kappa shape index (κ3) is 5.59. The van der Waals surface area contributed by atoms with E-state index in [0.717, 1.165) is 70.9 Å². The Morgan fingerprint density at radius 1 is 1.16 bits per heavy atom. The van der Waals surface area contributed by atoms with Crippen LogP contribution in [-0.2, 0) is 17.8 Å². The van der Waals surface area contributed by atoms with Gasteiger partial charge in [0.15, 0.2) is 0 Å². The summed E-state index contributed by atoms with van der Waals surface area (Å²) >= 11 is 6.73. The number of nitriles is 1. The molecule has 4 aliphatic rings. The Balaban J connectivity index is 1.22. The van der Waals surface area contributed by atoms with Crippen LogP contribution in [0.15, 0.2) is 49.1 Å². The monoisotopic (exact) mass is 625 g/mol. The van der Waals surface area contributed by atoms with E-state index in [1.807, 2.05) is 12.1 Å². The summed E-state index contributed by atoms with van der Waals surface area (Å²) < 4.78 is 6.51. The van der Waals surface area contributed by atoms with Gasteiger partial charge in [-0.15, -0.1) is 0 Å². The number of ether oxygens (including phenoxy) is 1. The molecule has 45 heavy (non-hydrogen) atoms. The van der Waals surface area contributed by atoms with E-state index in [1.165, 1.54) is 18.9 Å². The van der Waals surface area contributed by atoms with Crippen LogP contribution < -0.4 is 14.5 Å². The number of hydrogen-bond donors (Lipinski definition) is 0. The summed E-state index contributed by atoms with van der Waals surface area (Å²) in [5.41, 5.74) is 3.23. The molecule has 1 amide bonds. The van der Waals surface area contributed by atoms with E-state index in [1.54, 1.807) is 4.90 Å². The van der Waals surface area contributed by atoms with Gasteiger partial charge in [0, 0.05) is 48.9 Å². The average molecular weight is 626 g/mol. The predicted molar refractivity (Wildman–Crippen MR) is 177 cm³/mol. The molecule has 10 heteroatoms. The second kappa shape index (κ2) is 12.1. The first-order chi connectivity index (χ1) is 21.9. The molecule has 3 fully saturated rings. The molecule has 2 saturated heterocycles. The fourth-order valence-electron chi connectivity index (χ4n) is 7.69. The lowest BCUT2D eigenvalue weighted by Crippen LogP contribution is -2.55. The van der Waals surface area contributed by atoms with E-state index in [9.17, 15) is 10.1 Å². The third-order valence-electron chi connectivity index (χ3n) is 10.2. The highest BCUT2D eigenvalue weighted by Crippen LogP contribution is 2.46. The lowest BCUT2D eigenvalue weighted by atomic mass is 10.0. The number of piperazine rings is 1. The zero-order chi connectivity index (χ0) is 31.1. The van der Waals surface area contributed by atoms with Crippen LogP contribution in [-0.4, -0.2) is 82.6 Å². The van der Waals surface area contributed by atoms with Gasteiger partial charge in [-0.1, -0.05) is 42.4 Å². The Bertz CT molecular complexity index is 1660. The molecule has 0 N–H and O–H groups in total. The SMILES string of the molecule is C=CC(=O)N1CCN(c2nc(OCC3(N4CCCC4C)CC3)nc3c2CCN(c2cccc4cccc(Cl)c24)C3)C[C@@H]1CC#N. The summed E-state index contributed by atoms with van der Waals surface area (Å²) in [6.07, 6.45) is 7.09. The Labute approximate surface area is 270 Å². The maximum Gasteiger partial charge on any atom is 0.318 e. The number of hydrogen-bond acceptors (Lipinski definition) is 8. The molecule has 2 aromatic carbocycles. The van der Waals surface area contributed by atoms with E-state index in [2.05, 4.69) is 58.5 Å². The van der Waals surface area contributed by atoms with Crippen molar-refractivity contribution >= 4 is 39.8 Å². The number of benzene rings is 2. The van der Waals surface area contributed by atoms with Crippen LogP contribution in [0.1, 0.15) is 50.3 Å². The predicted octanol–water partition coefficient (Wildman–Crippen LogP) is 5.36. The zero-order valence-electron chi connectivity index (χ0n) is 25.9. The number of fused-ring (bicyclic) bond motifs is 2. The van der Waals surface area contributed by atoms with Gasteiger partial charge in [0.2, 0.25) is 5.91 Å².